The molecule has 0 aliphatic rings. The molecule has 1 aromatic carbocycles. The second-order valence-corrected chi connectivity index (χ2v) is 4.86. The van der Waals surface area contributed by atoms with Gasteiger partial charge in [-0.05, 0) is 43.5 Å². The minimum absolute atomic E-state index is 0.110. The Morgan fingerprint density at radius 2 is 2.12 bits per heavy atom. The second-order valence-electron chi connectivity index (χ2n) is 3.94. The molecule has 0 radical (unpaired) electrons. The van der Waals surface area contributed by atoms with E-state index in [9.17, 15) is 0 Å². The van der Waals surface area contributed by atoms with E-state index in [2.05, 4.69) is 15.9 Å². The predicted octanol–water partition coefficient (Wildman–Crippen LogP) is 2.63. The lowest BCUT2D eigenvalue weighted by Gasteiger charge is -2.15. The van der Waals surface area contributed by atoms with Crippen LogP contribution in [0.2, 0.25) is 0 Å². The molecule has 0 saturated heterocycles. The average Bonchev–Trinajstić information content (AvgIpc) is 2.15. The Morgan fingerprint density at radius 3 is 2.69 bits per heavy atom. The van der Waals surface area contributed by atoms with Crippen molar-refractivity contribution in [2.45, 2.75) is 26.3 Å². The average molecular weight is 288 g/mol. The molecule has 0 amide bonds. The van der Waals surface area contributed by atoms with Crippen molar-refractivity contribution >= 4 is 15.9 Å². The summed E-state index contributed by atoms with van der Waals surface area (Å²) in [7, 11) is 1.61. The van der Waals surface area contributed by atoms with Gasteiger partial charge in [0.2, 0.25) is 0 Å². The van der Waals surface area contributed by atoms with E-state index in [0.717, 1.165) is 27.8 Å². The van der Waals surface area contributed by atoms with Crippen LogP contribution in [0.25, 0.3) is 0 Å². The standard InChI is InChI=1S/C12H18BrNO2/c1-8-4-11(13)6-10(5-9(2)14)12(8)16-7-15-3/h4,6,9H,5,7,14H2,1-3H3. The molecular formula is C12H18BrNO2. The van der Waals surface area contributed by atoms with Crippen molar-refractivity contribution in [2.75, 3.05) is 13.9 Å². The molecule has 0 heterocycles. The van der Waals surface area contributed by atoms with Crippen LogP contribution in [-0.2, 0) is 11.2 Å². The Hall–Kier alpha value is -0.580. The van der Waals surface area contributed by atoms with Crippen molar-refractivity contribution in [1.29, 1.82) is 0 Å². The van der Waals surface area contributed by atoms with Crippen molar-refractivity contribution < 1.29 is 9.47 Å². The summed E-state index contributed by atoms with van der Waals surface area (Å²) in [5.41, 5.74) is 8.02. The SMILES string of the molecule is COCOc1c(C)cc(Br)cc1CC(C)N. The zero-order valence-electron chi connectivity index (χ0n) is 9.92. The lowest BCUT2D eigenvalue weighted by atomic mass is 10.0. The van der Waals surface area contributed by atoms with Crippen molar-refractivity contribution in [1.82, 2.24) is 0 Å². The lowest BCUT2D eigenvalue weighted by Crippen LogP contribution is -2.18. The summed E-state index contributed by atoms with van der Waals surface area (Å²) in [6.07, 6.45) is 0.791. The van der Waals surface area contributed by atoms with Gasteiger partial charge in [-0.25, -0.2) is 0 Å². The number of halogens is 1. The predicted molar refractivity (Wildman–Crippen MR) is 68.7 cm³/mol. The van der Waals surface area contributed by atoms with E-state index < -0.39 is 0 Å². The smallest absolute Gasteiger partial charge is 0.188 e. The molecule has 1 unspecified atom stereocenters. The van der Waals surface area contributed by atoms with E-state index in [1.165, 1.54) is 0 Å². The molecule has 1 atom stereocenters. The largest absolute Gasteiger partial charge is 0.467 e. The third-order valence-electron chi connectivity index (χ3n) is 2.18. The van der Waals surface area contributed by atoms with Crippen molar-refractivity contribution in [2.24, 2.45) is 5.73 Å². The molecule has 4 heteroatoms. The van der Waals surface area contributed by atoms with Gasteiger partial charge in [-0.2, -0.15) is 0 Å². The number of aryl methyl sites for hydroxylation is 1. The molecular weight excluding hydrogens is 270 g/mol. The molecule has 16 heavy (non-hydrogen) atoms. The summed E-state index contributed by atoms with van der Waals surface area (Å²) >= 11 is 3.48. The third-order valence-corrected chi connectivity index (χ3v) is 2.64. The quantitative estimate of drug-likeness (QED) is 0.847. The minimum atomic E-state index is 0.110. The van der Waals surface area contributed by atoms with Crippen molar-refractivity contribution in [3.05, 3.63) is 27.7 Å². The number of methoxy groups -OCH3 is 1. The molecule has 90 valence electrons. The number of hydrogen-bond acceptors (Lipinski definition) is 3. The first-order valence-corrected chi connectivity index (χ1v) is 6.00. The highest BCUT2D eigenvalue weighted by Crippen LogP contribution is 2.29. The maximum atomic E-state index is 5.82. The number of nitrogens with two attached hydrogens (primary N) is 1. The van der Waals surface area contributed by atoms with E-state index in [-0.39, 0.29) is 12.8 Å². The first-order valence-electron chi connectivity index (χ1n) is 5.21. The third kappa shape index (κ3) is 3.77. The Bertz CT molecular complexity index is 353. The fraction of sp³-hybridized carbons (Fsp3) is 0.500. The fourth-order valence-corrected chi connectivity index (χ4v) is 2.24. The Balaban J connectivity index is 3.00. The molecule has 0 saturated carbocycles. The normalized spacial score (nSPS) is 12.6. The van der Waals surface area contributed by atoms with Crippen LogP contribution < -0.4 is 10.5 Å². The number of rotatable bonds is 5. The molecule has 0 aromatic heterocycles. The van der Waals surface area contributed by atoms with Crippen LogP contribution >= 0.6 is 15.9 Å². The summed E-state index contributed by atoms with van der Waals surface area (Å²) in [5.74, 6) is 0.877. The van der Waals surface area contributed by atoms with Crippen LogP contribution in [-0.4, -0.2) is 19.9 Å². The Kier molecular flexibility index (Phi) is 5.25. The van der Waals surface area contributed by atoms with Crippen LogP contribution in [0.3, 0.4) is 0 Å². The fourth-order valence-electron chi connectivity index (χ4n) is 1.62. The van der Waals surface area contributed by atoms with Gasteiger partial charge in [0.1, 0.15) is 5.75 Å². The van der Waals surface area contributed by atoms with E-state index in [0.29, 0.717) is 0 Å². The minimum Gasteiger partial charge on any atom is -0.467 e. The zero-order valence-corrected chi connectivity index (χ0v) is 11.5. The van der Waals surface area contributed by atoms with E-state index >= 15 is 0 Å². The summed E-state index contributed by atoms with van der Waals surface area (Å²) in [6.45, 7) is 4.26. The molecule has 0 aliphatic carbocycles. The highest BCUT2D eigenvalue weighted by Gasteiger charge is 2.10. The summed E-state index contributed by atoms with van der Waals surface area (Å²) in [6, 6.07) is 4.18. The maximum Gasteiger partial charge on any atom is 0.188 e. The lowest BCUT2D eigenvalue weighted by molar-refractivity contribution is 0.0498. The van der Waals surface area contributed by atoms with Gasteiger partial charge in [0.15, 0.2) is 6.79 Å². The number of ether oxygens (including phenoxy) is 2. The molecule has 0 fully saturated rings. The van der Waals surface area contributed by atoms with Gasteiger partial charge in [-0.3, -0.25) is 0 Å². The topological polar surface area (TPSA) is 44.5 Å². The van der Waals surface area contributed by atoms with Crippen LogP contribution in [0.5, 0.6) is 5.75 Å². The van der Waals surface area contributed by atoms with Gasteiger partial charge >= 0.3 is 0 Å². The number of benzene rings is 1. The highest BCUT2D eigenvalue weighted by molar-refractivity contribution is 9.10. The first-order chi connectivity index (χ1) is 7.54. The van der Waals surface area contributed by atoms with E-state index in [1.807, 2.05) is 26.0 Å². The second kappa shape index (κ2) is 6.23. The van der Waals surface area contributed by atoms with Gasteiger partial charge in [-0.15, -0.1) is 0 Å². The summed E-state index contributed by atoms with van der Waals surface area (Å²) in [4.78, 5) is 0. The Morgan fingerprint density at radius 1 is 1.44 bits per heavy atom. The summed E-state index contributed by atoms with van der Waals surface area (Å²) in [5, 5.41) is 0. The van der Waals surface area contributed by atoms with Crippen LogP contribution in [0.1, 0.15) is 18.1 Å². The molecule has 0 bridgehead atoms. The van der Waals surface area contributed by atoms with Gasteiger partial charge in [0.05, 0.1) is 0 Å². The van der Waals surface area contributed by atoms with Gasteiger partial charge < -0.3 is 15.2 Å². The molecule has 3 nitrogen and oxygen atoms in total. The molecule has 2 N–H and O–H groups in total. The Labute approximate surface area is 105 Å². The highest BCUT2D eigenvalue weighted by atomic mass is 79.9. The van der Waals surface area contributed by atoms with Gasteiger partial charge in [-0.1, -0.05) is 15.9 Å². The molecule has 0 aliphatic heterocycles. The van der Waals surface area contributed by atoms with Crippen LogP contribution in [0.4, 0.5) is 0 Å². The first kappa shape index (κ1) is 13.5. The molecule has 0 spiro atoms. The van der Waals surface area contributed by atoms with Gasteiger partial charge in [0.25, 0.3) is 0 Å². The van der Waals surface area contributed by atoms with E-state index in [4.69, 9.17) is 15.2 Å². The van der Waals surface area contributed by atoms with Crippen molar-refractivity contribution in [3.63, 3.8) is 0 Å². The monoisotopic (exact) mass is 287 g/mol. The molecule has 1 aromatic rings. The molecule has 1 rings (SSSR count). The van der Waals surface area contributed by atoms with E-state index in [1.54, 1.807) is 7.11 Å². The van der Waals surface area contributed by atoms with Crippen LogP contribution in [0, 0.1) is 6.92 Å². The van der Waals surface area contributed by atoms with Crippen molar-refractivity contribution in [3.8, 4) is 5.75 Å². The summed E-state index contributed by atoms with van der Waals surface area (Å²) < 4.78 is 11.5. The number of hydrogen-bond donors (Lipinski definition) is 1. The van der Waals surface area contributed by atoms with Crippen LogP contribution in [0.15, 0.2) is 16.6 Å². The van der Waals surface area contributed by atoms with Gasteiger partial charge in [0, 0.05) is 17.6 Å². The maximum absolute atomic E-state index is 5.82. The zero-order chi connectivity index (χ0) is 12.1.